The molecule has 21 heteroatoms. The first-order valence-corrected chi connectivity index (χ1v) is 20.0. The van der Waals surface area contributed by atoms with Gasteiger partial charge in [0.1, 0.15) is 0 Å². The van der Waals surface area contributed by atoms with Gasteiger partial charge in [0.25, 0.3) is 0 Å². The van der Waals surface area contributed by atoms with Crippen molar-refractivity contribution in [1.82, 2.24) is 0 Å². The van der Waals surface area contributed by atoms with Crippen molar-refractivity contribution in [2.45, 2.75) is 103 Å². The minimum absolute atomic E-state index is 0. The zero-order valence-electron chi connectivity index (χ0n) is 34.2. The van der Waals surface area contributed by atoms with Crippen LogP contribution >= 0.6 is 0 Å². The van der Waals surface area contributed by atoms with Gasteiger partial charge in [-0.15, -0.1) is 23.5 Å². The Balaban J connectivity index is 0.00000871. The van der Waals surface area contributed by atoms with Gasteiger partial charge in [0, 0.05) is 31.1 Å². The molecule has 20 nitrogen and oxygen atoms in total. The molecular formula is C42H48FeN4O16. The van der Waals surface area contributed by atoms with E-state index in [2.05, 4.69) is 0 Å². The number of nitrogens with zero attached hydrogens (tertiary/aromatic N) is 4. The average molecular weight is 921 g/mol. The molecule has 63 heavy (non-hydrogen) atoms. The molecule has 0 aromatic carbocycles. The van der Waals surface area contributed by atoms with E-state index < -0.39 is 146 Å². The second kappa shape index (κ2) is 20.0. The molecule has 5 aliphatic rings. The Morgan fingerprint density at radius 2 is 1.19 bits per heavy atom. The smallest absolute Gasteiger partial charge is 0.682 e. The van der Waals surface area contributed by atoms with Gasteiger partial charge in [-0.05, 0) is 54.8 Å². The van der Waals surface area contributed by atoms with Crippen molar-refractivity contribution in [3.05, 3.63) is 90.9 Å². The van der Waals surface area contributed by atoms with Crippen LogP contribution < -0.4 is 0 Å². The number of allylic oxidation sites excluding steroid dienone is 6. The third-order valence-electron chi connectivity index (χ3n) is 12.5. The molecule has 0 amide bonds. The van der Waals surface area contributed by atoms with Crippen molar-refractivity contribution in [2.24, 2.45) is 34.5 Å². The van der Waals surface area contributed by atoms with Gasteiger partial charge in [-0.25, -0.2) is 0 Å². The topological polar surface area (TPSA) is 355 Å². The summed E-state index contributed by atoms with van der Waals surface area (Å²) in [5.41, 5.74) is -2.13. The maximum atomic E-state index is 12.6. The third kappa shape index (κ3) is 11.3. The van der Waals surface area contributed by atoms with Crippen LogP contribution in [0.5, 0.6) is 0 Å². The monoisotopic (exact) mass is 920 g/mol. The normalized spacial score (nSPS) is 31.5. The molecule has 2 unspecified atom stereocenters. The van der Waals surface area contributed by atoms with Crippen LogP contribution in [-0.4, -0.2) is 101 Å². The molecule has 0 aliphatic carbocycles. The molecule has 0 aromatic rings. The van der Waals surface area contributed by atoms with E-state index in [1.54, 1.807) is 6.92 Å². The van der Waals surface area contributed by atoms with Gasteiger partial charge in [0.15, 0.2) is 0 Å². The Bertz CT molecular complexity index is 2140. The van der Waals surface area contributed by atoms with Crippen LogP contribution in [0.3, 0.4) is 0 Å². The molecule has 2 fully saturated rings. The van der Waals surface area contributed by atoms with Gasteiger partial charge < -0.3 is 62.1 Å². The van der Waals surface area contributed by atoms with Crippen molar-refractivity contribution in [3.8, 4) is 0 Å². The number of carboxylic acid groups (broad SMARTS) is 8. The van der Waals surface area contributed by atoms with Crippen LogP contribution in [0.4, 0.5) is 0 Å². The number of hydrogen-bond acceptors (Lipinski definition) is 8. The maximum Gasteiger partial charge on any atom is 4.00 e. The zero-order chi connectivity index (χ0) is 45.8. The number of carboxylic acids is 8. The quantitative estimate of drug-likeness (QED) is 0.0633. The van der Waals surface area contributed by atoms with E-state index >= 15 is 0 Å². The molecule has 5 rings (SSSR count). The molecular weight excluding hydrogens is 872 g/mol. The SMILES string of the molecule is C[C@]1(CC(=O)O)C(CCC(=O)O)=C2/C=C3\[N-]C(/C=C4/[N-]C(=C(CC(=O)O)[C@H]4CCC(=O)O)/C=C4\[N-]C(/C=C/1[N-]2)[C@@H](CCC(=O)O)[C@]4(C)CC(=O)O)[C@H](CCC(=O)O)[C@@H]3CC(=O)O.[Fe+4]. The number of fused-ring (bicyclic) bond motifs is 8. The molecule has 0 aromatic heterocycles. The minimum atomic E-state index is -1.54. The Morgan fingerprint density at radius 1 is 0.587 bits per heavy atom. The number of rotatable bonds is 20. The summed E-state index contributed by atoms with van der Waals surface area (Å²) in [6.45, 7) is 3.09. The van der Waals surface area contributed by atoms with Crippen molar-refractivity contribution in [1.29, 1.82) is 0 Å². The summed E-state index contributed by atoms with van der Waals surface area (Å²) in [6.07, 6.45) is 0.985. The molecule has 5 aliphatic heterocycles. The van der Waals surface area contributed by atoms with E-state index in [1.165, 1.54) is 31.2 Å². The fraction of sp³-hybridized carbons (Fsp3) is 0.524. The van der Waals surface area contributed by atoms with Gasteiger partial charge >= 0.3 is 64.8 Å². The average Bonchev–Trinajstić information content (AvgIpc) is 3.77. The molecule has 0 radical (unpaired) electrons. The van der Waals surface area contributed by atoms with Gasteiger partial charge in [-0.3, -0.25) is 38.4 Å². The van der Waals surface area contributed by atoms with Crippen LogP contribution in [0.15, 0.2) is 69.6 Å². The van der Waals surface area contributed by atoms with Crippen molar-refractivity contribution in [2.75, 3.05) is 0 Å². The first-order chi connectivity index (χ1) is 29.0. The maximum absolute atomic E-state index is 12.6. The summed E-state index contributed by atoms with van der Waals surface area (Å²) in [7, 11) is 0. The minimum Gasteiger partial charge on any atom is -0.682 e. The second-order valence-electron chi connectivity index (χ2n) is 16.7. The second-order valence-corrected chi connectivity index (χ2v) is 16.7. The van der Waals surface area contributed by atoms with Crippen molar-refractivity contribution in [3.63, 3.8) is 0 Å². The van der Waals surface area contributed by atoms with Crippen LogP contribution in [0.1, 0.15) is 90.9 Å². The Morgan fingerprint density at radius 3 is 1.76 bits per heavy atom. The molecule has 340 valence electrons. The summed E-state index contributed by atoms with van der Waals surface area (Å²) in [4.78, 5) is 97.9. The zero-order valence-corrected chi connectivity index (χ0v) is 35.3. The van der Waals surface area contributed by atoms with Crippen molar-refractivity contribution < 1.29 is 96.3 Å². The predicted octanol–water partition coefficient (Wildman–Crippen LogP) is 6.16. The van der Waals surface area contributed by atoms with Crippen LogP contribution in [0, 0.1) is 34.5 Å². The van der Waals surface area contributed by atoms with Crippen molar-refractivity contribution >= 4 is 47.8 Å². The number of hydrogen-bond donors (Lipinski definition) is 8. The first-order valence-electron chi connectivity index (χ1n) is 20.0. The fourth-order valence-electron chi connectivity index (χ4n) is 9.59. The molecule has 2 saturated heterocycles. The third-order valence-corrected chi connectivity index (χ3v) is 12.5. The van der Waals surface area contributed by atoms with Gasteiger partial charge in [0.2, 0.25) is 0 Å². The van der Waals surface area contributed by atoms with Gasteiger partial charge in [-0.1, -0.05) is 49.2 Å². The molecule has 5 heterocycles. The van der Waals surface area contributed by atoms with E-state index in [0.717, 1.165) is 0 Å². The Kier molecular flexibility index (Phi) is 15.7. The molecule has 8 atom stereocenters. The van der Waals surface area contributed by atoms with E-state index in [4.69, 9.17) is 21.3 Å². The largest absolute Gasteiger partial charge is 4.00 e. The Labute approximate surface area is 371 Å². The summed E-state index contributed by atoms with van der Waals surface area (Å²) in [5, 5.41) is 99.1. The Hall–Kier alpha value is -6.08. The fourth-order valence-corrected chi connectivity index (χ4v) is 9.59. The van der Waals surface area contributed by atoms with Crippen LogP contribution in [-0.2, 0) is 55.4 Å². The summed E-state index contributed by atoms with van der Waals surface area (Å²) >= 11 is 0. The number of carbonyl (C=O) groups is 8. The molecule has 0 saturated carbocycles. The van der Waals surface area contributed by atoms with Crippen LogP contribution in [0.2, 0.25) is 0 Å². The standard InChI is InChI=1S/C42H48N4O16.Fe/c1-41(17-39(59)60)23(5-9-35(51)52)29-14-27-21(11-37(55)56)19(3-7-33(47)48)25(43-27)13-26-20(4-8-34(49)50)22(12-38(57)58)28(44-26)15-31-42(2,18-40(61)62)24(6-10-36(53)54)30(46-31)16-32(41)45-29;/h13-16,19-21,24-25,30H,3-12,17-18H2,1-2H3,(H,47,48)(H,49,50)(H,51,52)(H,53,54)(H,55,56)(H,57,58)(H,59,60)(H,61,62);/q-4;+4/b26-13+,27-14-,31-15-,32-16-;/t19-,20-,21+,24-,25?,30?,41+,42+;/m1./s1. The summed E-state index contributed by atoms with van der Waals surface area (Å²) in [5.74, 6) is -13.7. The van der Waals surface area contributed by atoms with E-state index in [9.17, 15) is 79.2 Å². The summed E-state index contributed by atoms with van der Waals surface area (Å²) in [6, 6.07) is -2.11. The van der Waals surface area contributed by atoms with Gasteiger partial charge in [-0.2, -0.15) is 22.8 Å². The summed E-state index contributed by atoms with van der Waals surface area (Å²) < 4.78 is 0. The molecule has 8 bridgehead atoms. The van der Waals surface area contributed by atoms with E-state index in [1.807, 2.05) is 0 Å². The van der Waals surface area contributed by atoms with E-state index in [0.29, 0.717) is 0 Å². The van der Waals surface area contributed by atoms with Crippen LogP contribution in [0.25, 0.3) is 21.3 Å². The first kappa shape index (κ1) is 49.6. The molecule has 8 N–H and O–H groups in total. The number of aliphatic carboxylic acids is 8. The predicted molar refractivity (Wildman–Crippen MR) is 214 cm³/mol. The van der Waals surface area contributed by atoms with E-state index in [-0.39, 0.29) is 88.1 Å². The molecule has 0 spiro atoms. The van der Waals surface area contributed by atoms with Gasteiger partial charge in [0.05, 0.1) is 25.7 Å².